The monoisotopic (exact) mass is 427 g/mol. The van der Waals surface area contributed by atoms with Crippen molar-refractivity contribution in [2.75, 3.05) is 0 Å². The number of halogens is 1. The third kappa shape index (κ3) is 3.10. The summed E-state index contributed by atoms with van der Waals surface area (Å²) in [6.07, 6.45) is -4.54. The second-order valence-corrected chi connectivity index (χ2v) is 5.97. The van der Waals surface area contributed by atoms with Gasteiger partial charge in [-0.1, -0.05) is 0 Å². The molecule has 1 rings (SSSR count). The molecule has 0 amide bonds. The molecule has 144 valence electrons. The van der Waals surface area contributed by atoms with Gasteiger partial charge in [-0.25, -0.2) is 0 Å². The molecule has 10 nitrogen and oxygen atoms in total. The number of rotatable bonds is 5. The van der Waals surface area contributed by atoms with E-state index in [1.54, 1.807) is 0 Å². The number of Topliss-reactive ketones (excluding diaryl/α,β-unsaturated/α-hetero) is 4. The van der Waals surface area contributed by atoms with Crippen molar-refractivity contribution < 1.29 is 44.3 Å². The number of aliphatic hydroxyl groups is 4. The smallest absolute Gasteiger partial charge is 0.245 e. The molecule has 0 saturated carbocycles. The Morgan fingerprint density at radius 2 is 1.32 bits per heavy atom. The van der Waals surface area contributed by atoms with Gasteiger partial charge in [-0.2, -0.15) is 0 Å². The molecule has 1 aliphatic rings. The Morgan fingerprint density at radius 1 is 0.920 bits per heavy atom. The molecular weight excluding hydrogens is 406 g/mol. The minimum Gasteiger partial charge on any atom is -0.382 e. The average Bonchev–Trinajstić information content (AvgIpc) is 2.47. The molecule has 1 aliphatic heterocycles. The second kappa shape index (κ2) is 7.27. The van der Waals surface area contributed by atoms with Crippen LogP contribution in [0.2, 0.25) is 0 Å². The molecule has 6 N–H and O–H groups in total. The Labute approximate surface area is 153 Å². The van der Waals surface area contributed by atoms with Crippen LogP contribution in [0.4, 0.5) is 0 Å². The van der Waals surface area contributed by atoms with Crippen molar-refractivity contribution in [2.24, 2.45) is 5.73 Å². The van der Waals surface area contributed by atoms with Crippen LogP contribution in [0, 0.1) is 0 Å². The second-order valence-electron chi connectivity index (χ2n) is 5.97. The van der Waals surface area contributed by atoms with E-state index in [1.807, 2.05) is 0 Å². The molecule has 0 radical (unpaired) electrons. The van der Waals surface area contributed by atoms with Crippen molar-refractivity contribution >= 4 is 40.1 Å². The number of hydrogen-bond donors (Lipinski definition) is 5. The summed E-state index contributed by atoms with van der Waals surface area (Å²) in [6.45, 7) is 3.22. The summed E-state index contributed by atoms with van der Waals surface area (Å²) in [7, 11) is 0. The lowest BCUT2D eigenvalue weighted by atomic mass is 9.63. The largest absolute Gasteiger partial charge is 0.382 e. The van der Waals surface area contributed by atoms with Crippen LogP contribution in [0.25, 0.3) is 0 Å². The summed E-state index contributed by atoms with van der Waals surface area (Å²) >= 11 is 0. The van der Waals surface area contributed by atoms with Crippen LogP contribution in [-0.4, -0.2) is 78.8 Å². The molecule has 0 spiro atoms. The van der Waals surface area contributed by atoms with E-state index in [-0.39, 0.29) is 17.0 Å². The summed E-state index contributed by atoms with van der Waals surface area (Å²) in [4.78, 5) is 47.3. The van der Waals surface area contributed by atoms with Gasteiger partial charge in [0.1, 0.15) is 18.2 Å². The van der Waals surface area contributed by atoms with Crippen LogP contribution < -0.4 is 5.73 Å². The Bertz CT molecular complexity index is 593. The van der Waals surface area contributed by atoms with Crippen molar-refractivity contribution in [3.8, 4) is 0 Å². The number of hydrogen-bond acceptors (Lipinski definition) is 10. The minimum absolute atomic E-state index is 0. The first-order chi connectivity index (χ1) is 10.7. The van der Waals surface area contributed by atoms with Gasteiger partial charge in [0.15, 0.2) is 34.3 Å². The SMILES string of the molecule is Br.CC(=O)C(O)[C@H]1O[C@](O)(C(C)=O)[C@H](N)[C@](O)(C(C)=O)[C@@]1(O)C(C)=O. The van der Waals surface area contributed by atoms with Crippen LogP contribution in [0.5, 0.6) is 0 Å². The highest BCUT2D eigenvalue weighted by Gasteiger charge is 2.75. The molecule has 0 bridgehead atoms. The predicted molar refractivity (Wildman–Crippen MR) is 86.8 cm³/mol. The molecule has 1 saturated heterocycles. The number of aliphatic hydroxyl groups excluding tert-OH is 1. The van der Waals surface area contributed by atoms with Gasteiger partial charge < -0.3 is 30.9 Å². The van der Waals surface area contributed by atoms with E-state index in [0.29, 0.717) is 0 Å². The van der Waals surface area contributed by atoms with Crippen molar-refractivity contribution in [3.63, 3.8) is 0 Å². The third-order valence-electron chi connectivity index (χ3n) is 4.45. The molecule has 25 heavy (non-hydrogen) atoms. The highest BCUT2D eigenvalue weighted by molar-refractivity contribution is 8.93. The Hall–Kier alpha value is -1.08. The van der Waals surface area contributed by atoms with Crippen LogP contribution in [0.15, 0.2) is 0 Å². The maximum absolute atomic E-state index is 12.0. The quantitative estimate of drug-likeness (QED) is 0.306. The zero-order valence-corrected chi connectivity index (χ0v) is 15.8. The van der Waals surface area contributed by atoms with Crippen LogP contribution in [0.1, 0.15) is 27.7 Å². The molecule has 1 unspecified atom stereocenters. The summed E-state index contributed by atoms with van der Waals surface area (Å²) in [5.41, 5.74) is -0.771. The molecule has 1 heterocycles. The van der Waals surface area contributed by atoms with Gasteiger partial charge >= 0.3 is 0 Å². The number of carbonyl (C=O) groups is 4. The normalized spacial score (nSPS) is 39.1. The van der Waals surface area contributed by atoms with Crippen molar-refractivity contribution in [3.05, 3.63) is 0 Å². The molecular formula is C14H22BrNO9. The summed E-state index contributed by atoms with van der Waals surface area (Å²) in [5.74, 6) is -7.72. The van der Waals surface area contributed by atoms with E-state index in [2.05, 4.69) is 0 Å². The van der Waals surface area contributed by atoms with Gasteiger partial charge in [0.2, 0.25) is 5.79 Å². The maximum atomic E-state index is 12.0. The van der Waals surface area contributed by atoms with E-state index in [1.165, 1.54) is 0 Å². The molecule has 0 aromatic heterocycles. The van der Waals surface area contributed by atoms with E-state index in [4.69, 9.17) is 10.5 Å². The van der Waals surface area contributed by atoms with Gasteiger partial charge in [0, 0.05) is 6.92 Å². The zero-order valence-electron chi connectivity index (χ0n) is 14.0. The number of carbonyl (C=O) groups excluding carboxylic acids is 4. The van der Waals surface area contributed by atoms with E-state index < -0.39 is 58.4 Å². The third-order valence-corrected chi connectivity index (χ3v) is 4.45. The van der Waals surface area contributed by atoms with E-state index in [9.17, 15) is 39.6 Å². The highest BCUT2D eigenvalue weighted by Crippen LogP contribution is 2.44. The van der Waals surface area contributed by atoms with Crippen LogP contribution in [0.3, 0.4) is 0 Å². The topological polar surface area (TPSA) is 184 Å². The van der Waals surface area contributed by atoms with Gasteiger partial charge in [0.05, 0.1) is 0 Å². The molecule has 1 fully saturated rings. The lowest BCUT2D eigenvalue weighted by Gasteiger charge is -2.56. The summed E-state index contributed by atoms with van der Waals surface area (Å²) in [6, 6.07) is -2.26. The Morgan fingerprint density at radius 3 is 1.60 bits per heavy atom. The zero-order chi connectivity index (χ0) is 19.2. The van der Waals surface area contributed by atoms with Crippen LogP contribution in [-0.2, 0) is 23.9 Å². The first-order valence-corrected chi connectivity index (χ1v) is 7.01. The molecule has 11 heteroatoms. The Kier molecular flexibility index (Phi) is 6.96. The standard InChI is InChI=1S/C14H21NO9.BrH/c1-5(16)9(20)10-12(21,6(2)17)13(22,7(3)18)11(15)14(23,24-10)8(4)19;/h9-11,20-23H,15H2,1-4H3;1H/t9?,10-,11-,12-,13-,14-;/m1./s1. The molecule has 0 aromatic rings. The number of ether oxygens (including phenoxy) is 1. The molecule has 6 atom stereocenters. The van der Waals surface area contributed by atoms with Crippen molar-refractivity contribution in [1.29, 1.82) is 0 Å². The van der Waals surface area contributed by atoms with Gasteiger partial charge in [-0.15, -0.1) is 17.0 Å². The fraction of sp³-hybridized carbons (Fsp3) is 0.714. The fourth-order valence-corrected chi connectivity index (χ4v) is 2.85. The first kappa shape index (κ1) is 23.9. The lowest BCUT2D eigenvalue weighted by Crippen LogP contribution is -2.86. The number of ketones is 4. The molecule has 0 aromatic carbocycles. The highest BCUT2D eigenvalue weighted by atomic mass is 79.9. The van der Waals surface area contributed by atoms with Crippen molar-refractivity contribution in [1.82, 2.24) is 0 Å². The van der Waals surface area contributed by atoms with Gasteiger partial charge in [-0.3, -0.25) is 19.2 Å². The van der Waals surface area contributed by atoms with Crippen LogP contribution >= 0.6 is 17.0 Å². The summed E-state index contributed by atoms with van der Waals surface area (Å²) < 4.78 is 4.92. The van der Waals surface area contributed by atoms with Crippen molar-refractivity contribution in [2.45, 2.75) is 62.9 Å². The maximum Gasteiger partial charge on any atom is 0.245 e. The summed E-state index contributed by atoms with van der Waals surface area (Å²) in [5, 5.41) is 41.8. The number of nitrogens with two attached hydrogens (primary N) is 1. The predicted octanol–water partition coefficient (Wildman–Crippen LogP) is -2.84. The van der Waals surface area contributed by atoms with Gasteiger partial charge in [0.25, 0.3) is 0 Å². The van der Waals surface area contributed by atoms with E-state index in [0.717, 1.165) is 27.7 Å². The Balaban J connectivity index is 0.00000576. The van der Waals surface area contributed by atoms with Gasteiger partial charge in [-0.05, 0) is 20.8 Å². The van der Waals surface area contributed by atoms with E-state index >= 15 is 0 Å². The molecule has 0 aliphatic carbocycles. The minimum atomic E-state index is -3.20. The fourth-order valence-electron chi connectivity index (χ4n) is 2.85. The lowest BCUT2D eigenvalue weighted by molar-refractivity contribution is -0.341. The first-order valence-electron chi connectivity index (χ1n) is 7.01. The average molecular weight is 428 g/mol.